The zero-order valence-electron chi connectivity index (χ0n) is 19.6. The number of ether oxygens (including phenoxy) is 2. The molecule has 1 N–H and O–H groups in total. The van der Waals surface area contributed by atoms with Gasteiger partial charge in [-0.1, -0.05) is 37.6 Å². The monoisotopic (exact) mass is 470 g/mol. The number of carbonyl (C=O) groups is 2. The number of unbranched alkanes of at least 4 members (excludes halogenated alkanes) is 1. The van der Waals surface area contributed by atoms with Crippen molar-refractivity contribution in [2.24, 2.45) is 0 Å². The summed E-state index contributed by atoms with van der Waals surface area (Å²) in [6.07, 6.45) is 3.40. The van der Waals surface area contributed by atoms with E-state index in [0.29, 0.717) is 46.4 Å². The van der Waals surface area contributed by atoms with Crippen molar-refractivity contribution in [2.75, 3.05) is 19.0 Å². The Hall–Kier alpha value is -4.39. The van der Waals surface area contributed by atoms with E-state index in [4.69, 9.17) is 13.9 Å². The van der Waals surface area contributed by atoms with Gasteiger partial charge in [-0.2, -0.15) is 0 Å². The normalized spacial score (nSPS) is 10.6. The number of amides is 1. The molecule has 4 aromatic rings. The Bertz CT molecular complexity index is 1310. The highest BCUT2D eigenvalue weighted by Gasteiger charge is 2.18. The number of oxazole rings is 1. The van der Waals surface area contributed by atoms with Gasteiger partial charge < -0.3 is 19.2 Å². The van der Waals surface area contributed by atoms with E-state index >= 15 is 0 Å². The van der Waals surface area contributed by atoms with Crippen LogP contribution in [0.3, 0.4) is 0 Å². The van der Waals surface area contributed by atoms with Gasteiger partial charge >= 0.3 is 5.97 Å². The summed E-state index contributed by atoms with van der Waals surface area (Å²) in [7, 11) is 1.60. The zero-order chi connectivity index (χ0) is 24.6. The number of hydrogen-bond donors (Lipinski definition) is 1. The van der Waals surface area contributed by atoms with E-state index < -0.39 is 0 Å². The Labute approximate surface area is 203 Å². The lowest BCUT2D eigenvalue weighted by molar-refractivity contribution is 0.0499. The minimum atomic E-state index is -0.377. The van der Waals surface area contributed by atoms with E-state index in [1.807, 2.05) is 37.3 Å². The molecular formula is C28H26N2O5. The van der Waals surface area contributed by atoms with Crippen LogP contribution in [-0.4, -0.2) is 30.6 Å². The number of anilines is 1. The number of hydrogen-bond acceptors (Lipinski definition) is 6. The first-order chi connectivity index (χ1) is 17.1. The smallest absolute Gasteiger partial charge is 0.338 e. The van der Waals surface area contributed by atoms with Crippen molar-refractivity contribution in [2.45, 2.75) is 19.8 Å². The molecule has 0 saturated carbocycles. The van der Waals surface area contributed by atoms with Crippen molar-refractivity contribution in [1.82, 2.24) is 4.98 Å². The van der Waals surface area contributed by atoms with E-state index in [2.05, 4.69) is 10.3 Å². The lowest BCUT2D eigenvalue weighted by Crippen LogP contribution is -2.13. The number of rotatable bonds is 9. The second-order valence-corrected chi connectivity index (χ2v) is 7.83. The average Bonchev–Trinajstić information content (AvgIpc) is 3.39. The number of nitrogens with one attached hydrogen (secondary N) is 1. The molecule has 0 saturated heterocycles. The summed E-state index contributed by atoms with van der Waals surface area (Å²) >= 11 is 0. The summed E-state index contributed by atoms with van der Waals surface area (Å²) in [5.41, 5.74) is 2.78. The Morgan fingerprint density at radius 1 is 1.00 bits per heavy atom. The number of carbonyl (C=O) groups excluding carboxylic acids is 2. The number of aromatic nitrogens is 1. The van der Waals surface area contributed by atoms with Crippen molar-refractivity contribution in [3.05, 3.63) is 90.1 Å². The van der Waals surface area contributed by atoms with Crippen LogP contribution in [0.25, 0.3) is 22.8 Å². The first kappa shape index (κ1) is 23.8. The topological polar surface area (TPSA) is 90.7 Å². The third-order valence-electron chi connectivity index (χ3n) is 5.37. The maximum Gasteiger partial charge on any atom is 0.338 e. The Morgan fingerprint density at radius 2 is 1.80 bits per heavy atom. The maximum absolute atomic E-state index is 13.1. The number of benzene rings is 3. The average molecular weight is 471 g/mol. The second kappa shape index (κ2) is 11.2. The molecule has 1 aromatic heterocycles. The summed E-state index contributed by atoms with van der Waals surface area (Å²) in [5, 5.41) is 2.86. The Morgan fingerprint density at radius 3 is 2.57 bits per heavy atom. The number of methoxy groups -OCH3 is 1. The Balaban J connectivity index is 1.50. The molecule has 1 amide bonds. The number of esters is 1. The van der Waals surface area contributed by atoms with Gasteiger partial charge in [0.05, 0.1) is 31.0 Å². The van der Waals surface area contributed by atoms with Crippen LogP contribution < -0.4 is 10.1 Å². The molecule has 0 aliphatic heterocycles. The van der Waals surface area contributed by atoms with Crippen molar-refractivity contribution in [3.8, 4) is 28.5 Å². The third kappa shape index (κ3) is 5.76. The van der Waals surface area contributed by atoms with Gasteiger partial charge in [0.15, 0.2) is 5.76 Å². The highest BCUT2D eigenvalue weighted by molar-refractivity contribution is 6.08. The fourth-order valence-corrected chi connectivity index (χ4v) is 3.46. The lowest BCUT2D eigenvalue weighted by Gasteiger charge is -2.09. The third-order valence-corrected chi connectivity index (χ3v) is 5.37. The van der Waals surface area contributed by atoms with Crippen molar-refractivity contribution >= 4 is 17.6 Å². The molecule has 0 spiro atoms. The molecular weight excluding hydrogens is 444 g/mol. The molecule has 0 radical (unpaired) electrons. The minimum Gasteiger partial charge on any atom is -0.497 e. The first-order valence-corrected chi connectivity index (χ1v) is 11.4. The van der Waals surface area contributed by atoms with Crippen LogP contribution in [0.1, 0.15) is 40.5 Å². The fourth-order valence-electron chi connectivity index (χ4n) is 3.46. The van der Waals surface area contributed by atoms with Crippen LogP contribution in [0, 0.1) is 0 Å². The summed E-state index contributed by atoms with van der Waals surface area (Å²) in [6, 6.07) is 21.2. The maximum atomic E-state index is 13.1. The highest BCUT2D eigenvalue weighted by atomic mass is 16.5. The summed E-state index contributed by atoms with van der Waals surface area (Å²) < 4.78 is 16.5. The van der Waals surface area contributed by atoms with Gasteiger partial charge in [0.25, 0.3) is 5.91 Å². The predicted octanol–water partition coefficient (Wildman–Crippen LogP) is 6.23. The molecule has 0 aliphatic carbocycles. The molecule has 0 bridgehead atoms. The van der Waals surface area contributed by atoms with Crippen LogP contribution in [0.2, 0.25) is 0 Å². The van der Waals surface area contributed by atoms with Crippen LogP contribution in [0.5, 0.6) is 5.75 Å². The van der Waals surface area contributed by atoms with E-state index in [1.165, 1.54) is 0 Å². The quantitative estimate of drug-likeness (QED) is 0.230. The van der Waals surface area contributed by atoms with E-state index in [9.17, 15) is 9.59 Å². The molecule has 1 heterocycles. The van der Waals surface area contributed by atoms with Gasteiger partial charge in [0, 0.05) is 16.8 Å². The Kier molecular flexibility index (Phi) is 7.57. The van der Waals surface area contributed by atoms with Gasteiger partial charge in [0.2, 0.25) is 5.89 Å². The standard InChI is InChI=1S/C28H26N2O5/c1-3-4-16-34-28(32)19-12-14-21(15-13-19)30-26(31)23-10-5-6-11-24(23)27-29-18-25(35-27)20-8-7-9-22(17-20)33-2/h5-15,17-18H,3-4,16H2,1-2H3,(H,30,31). The van der Waals surface area contributed by atoms with Gasteiger partial charge in [0.1, 0.15) is 5.75 Å². The predicted molar refractivity (Wildman–Crippen MR) is 134 cm³/mol. The minimum absolute atomic E-state index is 0.319. The zero-order valence-corrected chi connectivity index (χ0v) is 19.6. The van der Waals surface area contributed by atoms with Crippen LogP contribution in [0.4, 0.5) is 5.69 Å². The summed E-state index contributed by atoms with van der Waals surface area (Å²) in [6.45, 7) is 2.43. The van der Waals surface area contributed by atoms with Crippen molar-refractivity contribution in [1.29, 1.82) is 0 Å². The van der Waals surface area contributed by atoms with E-state index in [0.717, 1.165) is 18.4 Å². The molecule has 178 valence electrons. The molecule has 7 nitrogen and oxygen atoms in total. The van der Waals surface area contributed by atoms with E-state index in [1.54, 1.807) is 55.8 Å². The van der Waals surface area contributed by atoms with Crippen LogP contribution >= 0.6 is 0 Å². The molecule has 35 heavy (non-hydrogen) atoms. The SMILES string of the molecule is CCCCOC(=O)c1ccc(NC(=O)c2ccccc2-c2ncc(-c3cccc(OC)c3)o2)cc1. The summed E-state index contributed by atoms with van der Waals surface area (Å²) in [4.78, 5) is 29.5. The lowest BCUT2D eigenvalue weighted by atomic mass is 10.1. The van der Waals surface area contributed by atoms with Crippen molar-refractivity contribution in [3.63, 3.8) is 0 Å². The van der Waals surface area contributed by atoms with Gasteiger partial charge in [-0.3, -0.25) is 4.79 Å². The van der Waals surface area contributed by atoms with Crippen LogP contribution in [-0.2, 0) is 4.74 Å². The van der Waals surface area contributed by atoms with Gasteiger partial charge in [-0.05, 0) is 55.0 Å². The second-order valence-electron chi connectivity index (χ2n) is 7.83. The van der Waals surface area contributed by atoms with E-state index in [-0.39, 0.29) is 11.9 Å². The molecule has 0 fully saturated rings. The largest absolute Gasteiger partial charge is 0.497 e. The van der Waals surface area contributed by atoms with Gasteiger partial charge in [-0.25, -0.2) is 9.78 Å². The first-order valence-electron chi connectivity index (χ1n) is 11.4. The number of nitrogens with zero attached hydrogens (tertiary/aromatic N) is 1. The highest BCUT2D eigenvalue weighted by Crippen LogP contribution is 2.30. The molecule has 0 atom stereocenters. The van der Waals surface area contributed by atoms with Gasteiger partial charge in [-0.15, -0.1) is 0 Å². The fraction of sp³-hybridized carbons (Fsp3) is 0.179. The molecule has 3 aromatic carbocycles. The molecule has 0 aliphatic rings. The molecule has 7 heteroatoms. The molecule has 4 rings (SSSR count). The summed E-state index contributed by atoms with van der Waals surface area (Å²) in [5.74, 6) is 0.909. The van der Waals surface area contributed by atoms with Crippen molar-refractivity contribution < 1.29 is 23.5 Å². The molecule has 0 unspecified atom stereocenters. The van der Waals surface area contributed by atoms with Crippen LogP contribution in [0.15, 0.2) is 83.4 Å².